The lowest BCUT2D eigenvalue weighted by molar-refractivity contribution is 0.102. The number of amides is 3. The highest BCUT2D eigenvalue weighted by molar-refractivity contribution is 7.82. The fourth-order valence-corrected chi connectivity index (χ4v) is 2.91. The highest BCUT2D eigenvalue weighted by Crippen LogP contribution is 2.21. The quantitative estimate of drug-likeness (QED) is 0.507. The molecule has 0 bridgehead atoms. The number of carbonyl (C=O) groups is 2. The van der Waals surface area contributed by atoms with Crippen LogP contribution in [0.2, 0.25) is 0 Å². The van der Waals surface area contributed by atoms with Crippen LogP contribution in [0.4, 0.5) is 20.6 Å². The van der Waals surface area contributed by atoms with Crippen molar-refractivity contribution in [2.45, 2.75) is 13.0 Å². The average molecular weight is 409 g/mol. The van der Waals surface area contributed by atoms with E-state index in [0.717, 1.165) is 5.56 Å². The normalized spacial score (nSPS) is 11.4. The summed E-state index contributed by atoms with van der Waals surface area (Å²) < 4.78 is 14.9. The molecule has 0 aliphatic heterocycles. The van der Waals surface area contributed by atoms with Gasteiger partial charge in [0.05, 0.1) is 17.3 Å². The van der Waals surface area contributed by atoms with Crippen molar-refractivity contribution in [3.8, 4) is 0 Å². The Morgan fingerprint density at radius 2 is 1.55 bits per heavy atom. The van der Waals surface area contributed by atoms with Crippen LogP contribution in [-0.2, 0) is 0 Å². The zero-order chi connectivity index (χ0) is 20.8. The molecule has 29 heavy (non-hydrogen) atoms. The molecule has 5 nitrogen and oxygen atoms in total. The van der Waals surface area contributed by atoms with Gasteiger partial charge in [-0.2, -0.15) is 0 Å². The van der Waals surface area contributed by atoms with Gasteiger partial charge in [-0.15, -0.1) is 0 Å². The Labute approximate surface area is 174 Å². The summed E-state index contributed by atoms with van der Waals surface area (Å²) >= 11 is 4.26. The third-order valence-corrected chi connectivity index (χ3v) is 4.73. The molecule has 7 heteroatoms. The maximum atomic E-state index is 13.7. The van der Waals surface area contributed by atoms with E-state index in [4.69, 9.17) is 0 Å². The fourth-order valence-electron chi connectivity index (χ4n) is 2.72. The number of nitrogens with one attached hydrogen (secondary N) is 2. The van der Waals surface area contributed by atoms with E-state index in [-0.39, 0.29) is 17.6 Å². The smallest absolute Gasteiger partial charge is 0.330 e. The molecule has 0 fully saturated rings. The van der Waals surface area contributed by atoms with Crippen LogP contribution in [-0.4, -0.2) is 11.9 Å². The molecule has 1 atom stereocenters. The van der Waals surface area contributed by atoms with E-state index in [2.05, 4.69) is 23.4 Å². The molecule has 0 aromatic heterocycles. The van der Waals surface area contributed by atoms with E-state index >= 15 is 0 Å². The molecule has 3 rings (SSSR count). The largest absolute Gasteiger partial charge is 0.332 e. The van der Waals surface area contributed by atoms with Gasteiger partial charge in [0.1, 0.15) is 5.82 Å². The van der Waals surface area contributed by atoms with Gasteiger partial charge in [0.2, 0.25) is 0 Å². The monoisotopic (exact) mass is 409 g/mol. The molecule has 2 N–H and O–H groups in total. The van der Waals surface area contributed by atoms with Gasteiger partial charge in [-0.1, -0.05) is 55.3 Å². The first-order valence-corrected chi connectivity index (χ1v) is 9.36. The van der Waals surface area contributed by atoms with Crippen LogP contribution in [0.25, 0.3) is 0 Å². The molecule has 3 amide bonds. The summed E-state index contributed by atoms with van der Waals surface area (Å²) in [6.07, 6.45) is 0. The van der Waals surface area contributed by atoms with E-state index in [1.807, 2.05) is 37.3 Å². The summed E-state index contributed by atoms with van der Waals surface area (Å²) in [5.74, 6) is -1.14. The van der Waals surface area contributed by atoms with E-state index in [0.29, 0.717) is 11.4 Å². The molecule has 0 saturated carbocycles. The molecule has 0 radical (unpaired) electrons. The minimum Gasteiger partial charge on any atom is -0.330 e. The van der Waals surface area contributed by atoms with Crippen molar-refractivity contribution in [2.24, 2.45) is 0 Å². The number of halogens is 1. The summed E-state index contributed by atoms with van der Waals surface area (Å²) in [4.78, 5) is 24.6. The molecule has 0 aliphatic carbocycles. The van der Waals surface area contributed by atoms with Crippen LogP contribution in [0, 0.1) is 5.82 Å². The van der Waals surface area contributed by atoms with Gasteiger partial charge in [-0.05, 0) is 48.9 Å². The standard InChI is InChI=1S/C22H20FN3O2S/c1-15(16-7-3-2-4-8-16)24-22(28)26(29)18-13-11-17(12-14-18)25-21(27)19-9-5-6-10-20(19)23/h2-15,29H,1H3,(H,24,28)(H,25,27)/t15-/m0/s1. The second-order valence-electron chi connectivity index (χ2n) is 6.37. The predicted molar refractivity (Wildman–Crippen MR) is 116 cm³/mol. The average Bonchev–Trinajstić information content (AvgIpc) is 2.74. The van der Waals surface area contributed by atoms with Gasteiger partial charge >= 0.3 is 6.03 Å². The van der Waals surface area contributed by atoms with E-state index < -0.39 is 11.7 Å². The summed E-state index contributed by atoms with van der Waals surface area (Å²) in [6, 6.07) is 21.3. The molecular weight excluding hydrogens is 389 g/mol. The summed E-state index contributed by atoms with van der Waals surface area (Å²) in [6.45, 7) is 1.89. The predicted octanol–water partition coefficient (Wildman–Crippen LogP) is 5.20. The third-order valence-electron chi connectivity index (χ3n) is 4.32. The molecule has 0 saturated heterocycles. The Morgan fingerprint density at radius 1 is 0.931 bits per heavy atom. The number of nitrogens with zero attached hydrogens (tertiary/aromatic N) is 1. The second-order valence-corrected chi connectivity index (χ2v) is 6.77. The minimum absolute atomic E-state index is 0.0401. The van der Waals surface area contributed by atoms with Crippen molar-refractivity contribution < 1.29 is 14.0 Å². The molecule has 148 valence electrons. The van der Waals surface area contributed by atoms with Crippen molar-refractivity contribution in [1.29, 1.82) is 0 Å². The van der Waals surface area contributed by atoms with E-state index in [9.17, 15) is 14.0 Å². The summed E-state index contributed by atoms with van der Waals surface area (Å²) in [5, 5.41) is 5.49. The maximum Gasteiger partial charge on any atom is 0.332 e. The first-order valence-electron chi connectivity index (χ1n) is 8.96. The number of urea groups is 1. The maximum absolute atomic E-state index is 13.7. The van der Waals surface area contributed by atoms with Crippen LogP contribution in [0.3, 0.4) is 0 Å². The molecular formula is C22H20FN3O2S. The van der Waals surface area contributed by atoms with E-state index in [1.54, 1.807) is 30.3 Å². The van der Waals surface area contributed by atoms with Crippen LogP contribution in [0.15, 0.2) is 78.9 Å². The topological polar surface area (TPSA) is 61.4 Å². The Morgan fingerprint density at radius 3 is 2.21 bits per heavy atom. The van der Waals surface area contributed by atoms with Gasteiger partial charge < -0.3 is 10.6 Å². The SMILES string of the molecule is C[C@H](NC(=O)N(S)c1ccc(NC(=O)c2ccccc2F)cc1)c1ccccc1. The van der Waals surface area contributed by atoms with Crippen LogP contribution in [0.1, 0.15) is 28.9 Å². The molecule has 3 aromatic carbocycles. The highest BCUT2D eigenvalue weighted by atomic mass is 32.1. The van der Waals surface area contributed by atoms with E-state index in [1.165, 1.54) is 22.5 Å². The Bertz CT molecular complexity index is 996. The van der Waals surface area contributed by atoms with Crippen molar-refractivity contribution in [2.75, 3.05) is 9.62 Å². The van der Waals surface area contributed by atoms with Crippen molar-refractivity contribution >= 4 is 36.1 Å². The Hall–Kier alpha value is -3.32. The van der Waals surface area contributed by atoms with Gasteiger partial charge in [0, 0.05) is 5.69 Å². The first kappa shape index (κ1) is 20.4. The Balaban J connectivity index is 1.62. The van der Waals surface area contributed by atoms with Gasteiger partial charge in [-0.3, -0.25) is 4.79 Å². The van der Waals surface area contributed by atoms with Crippen LogP contribution >= 0.6 is 12.8 Å². The fraction of sp³-hybridized carbons (Fsp3) is 0.0909. The third kappa shape index (κ3) is 5.14. The zero-order valence-electron chi connectivity index (χ0n) is 15.7. The number of hydrogen-bond acceptors (Lipinski definition) is 3. The summed E-state index contributed by atoms with van der Waals surface area (Å²) in [5.41, 5.74) is 1.94. The minimum atomic E-state index is -0.590. The molecule has 0 unspecified atom stereocenters. The molecule has 3 aromatic rings. The first-order chi connectivity index (χ1) is 14.0. The van der Waals surface area contributed by atoms with Crippen molar-refractivity contribution in [3.05, 3.63) is 95.8 Å². The van der Waals surface area contributed by atoms with Crippen molar-refractivity contribution in [3.63, 3.8) is 0 Å². The highest BCUT2D eigenvalue weighted by Gasteiger charge is 2.16. The molecule has 0 aliphatic rings. The number of thiol groups is 1. The number of benzene rings is 3. The van der Waals surface area contributed by atoms with Crippen LogP contribution < -0.4 is 14.9 Å². The summed E-state index contributed by atoms with van der Waals surface area (Å²) in [7, 11) is 0. The number of hydrogen-bond donors (Lipinski definition) is 3. The second kappa shape index (κ2) is 9.25. The number of carbonyl (C=O) groups excluding carboxylic acids is 2. The van der Waals surface area contributed by atoms with Crippen molar-refractivity contribution in [1.82, 2.24) is 5.32 Å². The lowest BCUT2D eigenvalue weighted by Crippen LogP contribution is -2.35. The van der Waals surface area contributed by atoms with Crippen LogP contribution in [0.5, 0.6) is 0 Å². The molecule has 0 heterocycles. The van der Waals surface area contributed by atoms with Gasteiger partial charge in [-0.25, -0.2) is 13.5 Å². The number of anilines is 2. The lowest BCUT2D eigenvalue weighted by Gasteiger charge is -2.20. The lowest BCUT2D eigenvalue weighted by atomic mass is 10.1. The Kier molecular flexibility index (Phi) is 6.51. The van der Waals surface area contributed by atoms with Gasteiger partial charge in [0.15, 0.2) is 0 Å². The number of rotatable bonds is 5. The van der Waals surface area contributed by atoms with Gasteiger partial charge in [0.25, 0.3) is 5.91 Å². The zero-order valence-corrected chi connectivity index (χ0v) is 16.6. The molecule has 0 spiro atoms.